The molecule has 1 amide bonds. The summed E-state index contributed by atoms with van der Waals surface area (Å²) < 4.78 is 40.6. The highest BCUT2D eigenvalue weighted by atomic mass is 35.5. The number of hydrogen-bond donors (Lipinski definition) is 1. The van der Waals surface area contributed by atoms with Crippen molar-refractivity contribution >= 4 is 34.1 Å². The summed E-state index contributed by atoms with van der Waals surface area (Å²) in [5.74, 6) is -0.741. The molecule has 3 aromatic rings. The molecule has 0 saturated heterocycles. The molecule has 0 aliphatic rings. The Morgan fingerprint density at radius 3 is 2.52 bits per heavy atom. The third-order valence-corrected chi connectivity index (χ3v) is 4.44. The number of carbonyl (C=O) groups is 1. The molecule has 0 fully saturated rings. The number of pyridine rings is 1. The molecular formula is C19H14ClF3N2O2. The van der Waals surface area contributed by atoms with Crippen molar-refractivity contribution in [3.8, 4) is 0 Å². The van der Waals surface area contributed by atoms with E-state index in [0.29, 0.717) is 17.7 Å². The van der Waals surface area contributed by atoms with Gasteiger partial charge in [0.15, 0.2) is 0 Å². The van der Waals surface area contributed by atoms with E-state index in [1.165, 1.54) is 12.3 Å². The van der Waals surface area contributed by atoms with E-state index < -0.39 is 23.1 Å². The highest BCUT2D eigenvalue weighted by Gasteiger charge is 2.31. The molecule has 2 aromatic carbocycles. The number of para-hydroxylation sites is 1. The predicted molar refractivity (Wildman–Crippen MR) is 98.3 cm³/mol. The SMILES string of the molecule is CCn1cc(C(=O)Nc2ccccc2Cl)c(=O)c2cc(C(F)(F)F)ccc21. The lowest BCUT2D eigenvalue weighted by Gasteiger charge is -2.14. The second-order valence-corrected chi connectivity index (χ2v) is 6.23. The first-order valence-electron chi connectivity index (χ1n) is 8.02. The molecule has 1 aromatic heterocycles. The van der Waals surface area contributed by atoms with Crippen LogP contribution in [0.2, 0.25) is 5.02 Å². The highest BCUT2D eigenvalue weighted by molar-refractivity contribution is 6.33. The fourth-order valence-electron chi connectivity index (χ4n) is 2.75. The number of nitrogens with one attached hydrogen (secondary N) is 1. The van der Waals surface area contributed by atoms with E-state index in [9.17, 15) is 22.8 Å². The zero-order chi connectivity index (χ0) is 19.8. The van der Waals surface area contributed by atoms with Crippen molar-refractivity contribution in [1.29, 1.82) is 0 Å². The van der Waals surface area contributed by atoms with E-state index in [4.69, 9.17) is 11.6 Å². The van der Waals surface area contributed by atoms with Crippen molar-refractivity contribution in [3.63, 3.8) is 0 Å². The average molecular weight is 395 g/mol. The number of hydrogen-bond acceptors (Lipinski definition) is 2. The van der Waals surface area contributed by atoms with Crippen LogP contribution < -0.4 is 10.7 Å². The maximum atomic E-state index is 13.0. The topological polar surface area (TPSA) is 51.1 Å². The fourth-order valence-corrected chi connectivity index (χ4v) is 2.93. The normalized spacial score (nSPS) is 11.6. The van der Waals surface area contributed by atoms with E-state index >= 15 is 0 Å². The first-order chi connectivity index (χ1) is 12.7. The van der Waals surface area contributed by atoms with Gasteiger partial charge in [0.25, 0.3) is 5.91 Å². The van der Waals surface area contributed by atoms with Gasteiger partial charge in [-0.1, -0.05) is 23.7 Å². The van der Waals surface area contributed by atoms with Gasteiger partial charge in [0.1, 0.15) is 5.56 Å². The van der Waals surface area contributed by atoms with Crippen molar-refractivity contribution in [1.82, 2.24) is 4.57 Å². The van der Waals surface area contributed by atoms with Crippen LogP contribution in [0.5, 0.6) is 0 Å². The molecule has 1 N–H and O–H groups in total. The van der Waals surface area contributed by atoms with E-state index in [2.05, 4.69) is 5.32 Å². The van der Waals surface area contributed by atoms with Crippen molar-refractivity contribution in [2.24, 2.45) is 0 Å². The van der Waals surface area contributed by atoms with Crippen molar-refractivity contribution in [3.05, 3.63) is 75.0 Å². The fraction of sp³-hybridized carbons (Fsp3) is 0.158. The number of amides is 1. The molecule has 140 valence electrons. The summed E-state index contributed by atoms with van der Waals surface area (Å²) in [6, 6.07) is 9.38. The van der Waals surface area contributed by atoms with Gasteiger partial charge in [0.05, 0.1) is 21.8 Å². The predicted octanol–water partition coefficient (Wildman–Crippen LogP) is 4.95. The number of carbonyl (C=O) groups excluding carboxylic acids is 1. The number of fused-ring (bicyclic) bond motifs is 1. The summed E-state index contributed by atoms with van der Waals surface area (Å²) in [5, 5.41) is 2.63. The van der Waals surface area contributed by atoms with Crippen LogP contribution in [0, 0.1) is 0 Å². The van der Waals surface area contributed by atoms with Gasteiger partial charge in [-0.3, -0.25) is 9.59 Å². The van der Waals surface area contributed by atoms with E-state index in [1.807, 2.05) is 0 Å². The molecule has 0 atom stereocenters. The zero-order valence-electron chi connectivity index (χ0n) is 14.1. The summed E-state index contributed by atoms with van der Waals surface area (Å²) in [4.78, 5) is 25.3. The molecular weight excluding hydrogens is 381 g/mol. The number of aryl methyl sites for hydroxylation is 1. The maximum absolute atomic E-state index is 13.0. The zero-order valence-corrected chi connectivity index (χ0v) is 14.9. The summed E-state index contributed by atoms with van der Waals surface area (Å²) in [5.41, 5.74) is -1.35. The lowest BCUT2D eigenvalue weighted by atomic mass is 10.1. The second kappa shape index (κ2) is 7.08. The van der Waals surface area contributed by atoms with Crippen LogP contribution >= 0.6 is 11.6 Å². The number of nitrogens with zero attached hydrogens (tertiary/aromatic N) is 1. The monoisotopic (exact) mass is 394 g/mol. The molecule has 0 spiro atoms. The van der Waals surface area contributed by atoms with Gasteiger partial charge in [-0.05, 0) is 37.3 Å². The van der Waals surface area contributed by atoms with Crippen molar-refractivity contribution < 1.29 is 18.0 Å². The van der Waals surface area contributed by atoms with Crippen LogP contribution in [0.15, 0.2) is 53.5 Å². The molecule has 0 unspecified atom stereocenters. The Bertz CT molecular complexity index is 1090. The quantitative estimate of drug-likeness (QED) is 0.683. The van der Waals surface area contributed by atoms with Crippen LogP contribution in [0.1, 0.15) is 22.8 Å². The van der Waals surface area contributed by atoms with Crippen molar-refractivity contribution in [2.75, 3.05) is 5.32 Å². The lowest BCUT2D eigenvalue weighted by Crippen LogP contribution is -2.24. The van der Waals surface area contributed by atoms with Crippen LogP contribution in [0.25, 0.3) is 10.9 Å². The molecule has 3 rings (SSSR count). The molecule has 1 heterocycles. The van der Waals surface area contributed by atoms with Crippen molar-refractivity contribution in [2.45, 2.75) is 19.6 Å². The number of rotatable bonds is 3. The Balaban J connectivity index is 2.15. The maximum Gasteiger partial charge on any atom is 0.416 e. The van der Waals surface area contributed by atoms with Crippen LogP contribution in [-0.4, -0.2) is 10.5 Å². The number of halogens is 4. The standard InChI is InChI=1S/C19H14ClF3N2O2/c1-2-25-10-13(18(27)24-15-6-4-3-5-14(15)20)17(26)12-9-11(19(21,22)23)7-8-16(12)25/h3-10H,2H2,1H3,(H,24,27). The minimum atomic E-state index is -4.59. The Kier molecular flexibility index (Phi) is 4.97. The van der Waals surface area contributed by atoms with Gasteiger partial charge in [-0.25, -0.2) is 0 Å². The van der Waals surface area contributed by atoms with Crippen LogP contribution in [0.3, 0.4) is 0 Å². The smallest absolute Gasteiger partial charge is 0.347 e. The number of benzene rings is 2. The Morgan fingerprint density at radius 1 is 1.19 bits per heavy atom. The molecule has 0 aliphatic heterocycles. The number of anilines is 1. The summed E-state index contributed by atoms with van der Waals surface area (Å²) in [7, 11) is 0. The first-order valence-corrected chi connectivity index (χ1v) is 8.40. The summed E-state index contributed by atoms with van der Waals surface area (Å²) in [6.07, 6.45) is -3.25. The molecule has 0 aliphatic carbocycles. The van der Waals surface area contributed by atoms with E-state index in [1.54, 1.807) is 35.8 Å². The van der Waals surface area contributed by atoms with Crippen LogP contribution in [0.4, 0.5) is 18.9 Å². The van der Waals surface area contributed by atoms with E-state index in [-0.39, 0.29) is 16.0 Å². The lowest BCUT2D eigenvalue weighted by molar-refractivity contribution is -0.137. The van der Waals surface area contributed by atoms with Gasteiger partial charge in [0, 0.05) is 18.1 Å². The summed E-state index contributed by atoms with van der Waals surface area (Å²) in [6.45, 7) is 2.13. The Labute approximate surface area is 157 Å². The van der Waals surface area contributed by atoms with Gasteiger partial charge in [0.2, 0.25) is 5.43 Å². The Morgan fingerprint density at radius 2 is 1.89 bits per heavy atom. The molecule has 0 radical (unpaired) electrons. The van der Waals surface area contributed by atoms with E-state index in [0.717, 1.165) is 12.1 Å². The highest BCUT2D eigenvalue weighted by Crippen LogP contribution is 2.31. The number of aromatic nitrogens is 1. The molecule has 4 nitrogen and oxygen atoms in total. The third kappa shape index (κ3) is 3.68. The first kappa shape index (κ1) is 19.0. The molecule has 8 heteroatoms. The molecule has 27 heavy (non-hydrogen) atoms. The van der Waals surface area contributed by atoms with Crippen LogP contribution in [-0.2, 0) is 12.7 Å². The third-order valence-electron chi connectivity index (χ3n) is 4.11. The molecule has 0 saturated carbocycles. The minimum absolute atomic E-state index is 0.168. The average Bonchev–Trinajstić information content (AvgIpc) is 2.63. The van der Waals surface area contributed by atoms with Gasteiger partial charge >= 0.3 is 6.18 Å². The molecule has 0 bridgehead atoms. The van der Waals surface area contributed by atoms with Gasteiger partial charge in [-0.2, -0.15) is 13.2 Å². The van der Waals surface area contributed by atoms with Gasteiger partial charge < -0.3 is 9.88 Å². The number of alkyl halides is 3. The van der Waals surface area contributed by atoms with Gasteiger partial charge in [-0.15, -0.1) is 0 Å². The minimum Gasteiger partial charge on any atom is -0.347 e. The largest absolute Gasteiger partial charge is 0.416 e. The second-order valence-electron chi connectivity index (χ2n) is 5.82. The Hall–Kier alpha value is -2.80. The summed E-state index contributed by atoms with van der Waals surface area (Å²) >= 11 is 6.00.